The first-order chi connectivity index (χ1) is 12.3. The summed E-state index contributed by atoms with van der Waals surface area (Å²) in [7, 11) is -4.04. The van der Waals surface area contributed by atoms with E-state index >= 15 is 0 Å². The second-order valence-corrected chi connectivity index (χ2v) is 7.63. The molecule has 1 heterocycles. The highest BCUT2D eigenvalue weighted by molar-refractivity contribution is 7.87. The Morgan fingerprint density at radius 3 is 2.42 bits per heavy atom. The Balaban J connectivity index is 2.01. The summed E-state index contributed by atoms with van der Waals surface area (Å²) in [5.74, 6) is -0.593. The van der Waals surface area contributed by atoms with E-state index in [-0.39, 0.29) is 16.2 Å². The maximum Gasteiger partial charge on any atom is 0.367 e. The van der Waals surface area contributed by atoms with E-state index in [0.717, 1.165) is 5.56 Å². The maximum atomic E-state index is 12.5. The third-order valence-corrected chi connectivity index (χ3v) is 5.14. The first-order valence-corrected chi connectivity index (χ1v) is 9.33. The molecule has 0 N–H and O–H groups in total. The number of halogens is 1. The molecule has 0 aliphatic carbocycles. The molecule has 0 spiro atoms. The Morgan fingerprint density at radius 2 is 1.81 bits per heavy atom. The van der Waals surface area contributed by atoms with Crippen molar-refractivity contribution in [1.29, 1.82) is 0 Å². The van der Waals surface area contributed by atoms with Gasteiger partial charge in [0.2, 0.25) is 0 Å². The van der Waals surface area contributed by atoms with Gasteiger partial charge in [-0.05, 0) is 50.3 Å². The van der Waals surface area contributed by atoms with Crippen LogP contribution in [0.5, 0.6) is 5.75 Å². The standard InChI is InChI=1S/C18H14ClNO5S/c1-11-3-6-15(7-4-11)26(22,23)25-17-8-5-14(19)9-13(17)10-16-12(2)20-24-18(16)21/h3-10H,1-2H3/b16-10+. The number of aryl methyl sites for hydroxylation is 1. The summed E-state index contributed by atoms with van der Waals surface area (Å²) in [5.41, 5.74) is 1.82. The molecule has 3 rings (SSSR count). The van der Waals surface area contributed by atoms with E-state index in [4.69, 9.17) is 15.8 Å². The van der Waals surface area contributed by atoms with Gasteiger partial charge < -0.3 is 9.02 Å². The number of hydrogen-bond donors (Lipinski definition) is 0. The smallest absolute Gasteiger partial charge is 0.367 e. The fourth-order valence-electron chi connectivity index (χ4n) is 2.25. The molecule has 134 valence electrons. The van der Waals surface area contributed by atoms with Crippen molar-refractivity contribution in [3.63, 3.8) is 0 Å². The largest absolute Gasteiger partial charge is 0.378 e. The van der Waals surface area contributed by atoms with Crippen LogP contribution < -0.4 is 4.18 Å². The predicted octanol–water partition coefficient (Wildman–Crippen LogP) is 3.73. The number of carbonyl (C=O) groups is 1. The number of benzene rings is 2. The van der Waals surface area contributed by atoms with Gasteiger partial charge in [-0.15, -0.1) is 0 Å². The Hall–Kier alpha value is -2.64. The van der Waals surface area contributed by atoms with E-state index in [2.05, 4.69) is 9.99 Å². The molecular weight excluding hydrogens is 378 g/mol. The van der Waals surface area contributed by atoms with E-state index in [9.17, 15) is 13.2 Å². The quantitative estimate of drug-likeness (QED) is 0.450. The molecule has 0 fully saturated rings. The van der Waals surface area contributed by atoms with Gasteiger partial charge in [0.25, 0.3) is 0 Å². The monoisotopic (exact) mass is 391 g/mol. The zero-order chi connectivity index (χ0) is 18.9. The van der Waals surface area contributed by atoms with Gasteiger partial charge in [0, 0.05) is 10.6 Å². The van der Waals surface area contributed by atoms with Crippen LogP contribution >= 0.6 is 11.6 Å². The molecule has 0 saturated carbocycles. The molecule has 0 atom stereocenters. The van der Waals surface area contributed by atoms with Gasteiger partial charge >= 0.3 is 16.1 Å². The molecule has 0 saturated heterocycles. The van der Waals surface area contributed by atoms with Crippen LogP contribution in [0.25, 0.3) is 6.08 Å². The molecule has 0 amide bonds. The van der Waals surface area contributed by atoms with Crippen molar-refractivity contribution in [2.75, 3.05) is 0 Å². The first kappa shape index (κ1) is 18.2. The zero-order valence-electron chi connectivity index (χ0n) is 13.9. The molecule has 0 bridgehead atoms. The van der Waals surface area contributed by atoms with E-state index < -0.39 is 16.1 Å². The van der Waals surface area contributed by atoms with Crippen LogP contribution in [0, 0.1) is 6.92 Å². The van der Waals surface area contributed by atoms with Crippen molar-refractivity contribution in [2.45, 2.75) is 18.7 Å². The van der Waals surface area contributed by atoms with E-state index in [1.807, 2.05) is 6.92 Å². The zero-order valence-corrected chi connectivity index (χ0v) is 15.5. The molecule has 1 aliphatic rings. The fourth-order valence-corrected chi connectivity index (χ4v) is 3.39. The molecular formula is C18H14ClNO5S. The first-order valence-electron chi connectivity index (χ1n) is 7.55. The topological polar surface area (TPSA) is 82.0 Å². The lowest BCUT2D eigenvalue weighted by Gasteiger charge is -2.10. The lowest BCUT2D eigenvalue weighted by Crippen LogP contribution is -2.11. The molecule has 0 unspecified atom stereocenters. The molecule has 2 aromatic carbocycles. The van der Waals surface area contributed by atoms with E-state index in [1.54, 1.807) is 19.1 Å². The average molecular weight is 392 g/mol. The van der Waals surface area contributed by atoms with Gasteiger partial charge in [-0.3, -0.25) is 0 Å². The van der Waals surface area contributed by atoms with Crippen LogP contribution in [0.1, 0.15) is 18.1 Å². The van der Waals surface area contributed by atoms with E-state index in [1.165, 1.54) is 36.4 Å². The van der Waals surface area contributed by atoms with Gasteiger partial charge in [-0.2, -0.15) is 8.42 Å². The highest BCUT2D eigenvalue weighted by Gasteiger charge is 2.24. The predicted molar refractivity (Wildman–Crippen MR) is 97.6 cm³/mol. The molecule has 0 aromatic heterocycles. The SMILES string of the molecule is CC1=NOC(=O)/C1=C/c1cc(Cl)ccc1OS(=O)(=O)c1ccc(C)cc1. The number of hydrogen-bond acceptors (Lipinski definition) is 6. The number of nitrogens with zero attached hydrogens (tertiary/aromatic N) is 1. The van der Waals surface area contributed by atoms with Crippen molar-refractivity contribution in [3.8, 4) is 5.75 Å². The van der Waals surface area contributed by atoms with Gasteiger partial charge in [-0.1, -0.05) is 34.5 Å². The summed E-state index contributed by atoms with van der Waals surface area (Å²) in [6, 6.07) is 10.7. The summed E-state index contributed by atoms with van der Waals surface area (Å²) in [6.07, 6.45) is 1.43. The summed E-state index contributed by atoms with van der Waals surface area (Å²) >= 11 is 6.00. The van der Waals surface area contributed by atoms with Gasteiger partial charge in [0.15, 0.2) is 0 Å². The van der Waals surface area contributed by atoms with Gasteiger partial charge in [-0.25, -0.2) is 4.79 Å². The van der Waals surface area contributed by atoms with Crippen molar-refractivity contribution < 1.29 is 22.2 Å². The Bertz CT molecular complexity index is 1040. The normalized spacial score (nSPS) is 15.7. The Kier molecular flexibility index (Phi) is 4.84. The van der Waals surface area contributed by atoms with Crippen LogP contribution in [0.2, 0.25) is 5.02 Å². The van der Waals surface area contributed by atoms with Crippen LogP contribution in [0.15, 0.2) is 58.1 Å². The third-order valence-electron chi connectivity index (χ3n) is 3.66. The highest BCUT2D eigenvalue weighted by Crippen LogP contribution is 2.29. The Morgan fingerprint density at radius 1 is 1.12 bits per heavy atom. The minimum Gasteiger partial charge on any atom is -0.378 e. The van der Waals surface area contributed by atoms with Crippen molar-refractivity contribution in [2.24, 2.45) is 5.16 Å². The number of rotatable bonds is 4. The minimum atomic E-state index is -4.04. The fraction of sp³-hybridized carbons (Fsp3) is 0.111. The average Bonchev–Trinajstić information content (AvgIpc) is 2.89. The van der Waals surface area contributed by atoms with Crippen LogP contribution in [-0.2, 0) is 19.8 Å². The second-order valence-electron chi connectivity index (χ2n) is 5.65. The van der Waals surface area contributed by atoms with Crippen LogP contribution in [0.4, 0.5) is 0 Å². The highest BCUT2D eigenvalue weighted by atomic mass is 35.5. The van der Waals surface area contributed by atoms with Crippen LogP contribution in [0.3, 0.4) is 0 Å². The number of oxime groups is 1. The molecule has 6 nitrogen and oxygen atoms in total. The Labute approximate surface area is 155 Å². The van der Waals surface area contributed by atoms with Crippen molar-refractivity contribution in [3.05, 3.63) is 64.2 Å². The summed E-state index contributed by atoms with van der Waals surface area (Å²) < 4.78 is 30.3. The van der Waals surface area contributed by atoms with E-state index in [0.29, 0.717) is 16.3 Å². The summed E-state index contributed by atoms with van der Waals surface area (Å²) in [6.45, 7) is 3.45. The van der Waals surface area contributed by atoms with Crippen molar-refractivity contribution in [1.82, 2.24) is 0 Å². The molecule has 0 radical (unpaired) electrons. The molecule has 26 heavy (non-hydrogen) atoms. The maximum absolute atomic E-state index is 12.5. The summed E-state index contributed by atoms with van der Waals surface area (Å²) in [4.78, 5) is 16.3. The molecule has 1 aliphatic heterocycles. The van der Waals surface area contributed by atoms with Crippen LogP contribution in [-0.4, -0.2) is 20.1 Å². The second kappa shape index (κ2) is 6.93. The molecule has 2 aromatic rings. The van der Waals surface area contributed by atoms with Crippen molar-refractivity contribution >= 4 is 39.5 Å². The number of carbonyl (C=O) groups excluding carboxylic acids is 1. The summed E-state index contributed by atoms with van der Waals surface area (Å²) in [5, 5.41) is 3.94. The van der Waals surface area contributed by atoms with Gasteiger partial charge in [0.05, 0.1) is 11.3 Å². The molecule has 8 heteroatoms. The lowest BCUT2D eigenvalue weighted by atomic mass is 10.1. The minimum absolute atomic E-state index is 0.0228. The van der Waals surface area contributed by atoms with Gasteiger partial charge in [0.1, 0.15) is 10.6 Å². The lowest BCUT2D eigenvalue weighted by molar-refractivity contribution is -0.136. The third kappa shape index (κ3) is 3.79.